The van der Waals surface area contributed by atoms with Crippen LogP contribution >= 0.6 is 11.6 Å². The number of ether oxygens (including phenoxy) is 2. The van der Waals surface area contributed by atoms with E-state index >= 15 is 0 Å². The van der Waals surface area contributed by atoms with Crippen molar-refractivity contribution in [3.63, 3.8) is 0 Å². The van der Waals surface area contributed by atoms with Crippen LogP contribution in [0.3, 0.4) is 0 Å². The monoisotopic (exact) mass is 501 g/mol. The number of nitrogens with zero attached hydrogens (tertiary/aromatic N) is 2. The van der Waals surface area contributed by atoms with Gasteiger partial charge in [-0.05, 0) is 43.2 Å². The van der Waals surface area contributed by atoms with Gasteiger partial charge >= 0.3 is 0 Å². The van der Waals surface area contributed by atoms with E-state index in [9.17, 15) is 14.4 Å². The van der Waals surface area contributed by atoms with Gasteiger partial charge < -0.3 is 24.1 Å². The molecule has 1 N–H and O–H groups in total. The van der Waals surface area contributed by atoms with Crippen molar-refractivity contribution >= 4 is 29.3 Å². The molecular formula is C25H28ClN3O6. The van der Waals surface area contributed by atoms with Gasteiger partial charge in [0.25, 0.3) is 11.8 Å². The van der Waals surface area contributed by atoms with E-state index in [0.29, 0.717) is 49.7 Å². The lowest BCUT2D eigenvalue weighted by molar-refractivity contribution is -0.128. The average Bonchev–Trinajstić information content (AvgIpc) is 3.64. The normalized spacial score (nSPS) is 23.6. The van der Waals surface area contributed by atoms with Gasteiger partial charge in [-0.25, -0.2) is 0 Å². The molecule has 3 aliphatic heterocycles. The van der Waals surface area contributed by atoms with Crippen LogP contribution in [0, 0.1) is 0 Å². The molecule has 2 aromatic rings. The number of piperidine rings is 1. The van der Waals surface area contributed by atoms with Crippen molar-refractivity contribution in [2.45, 2.75) is 43.6 Å². The summed E-state index contributed by atoms with van der Waals surface area (Å²) in [6.45, 7) is 1.91. The van der Waals surface area contributed by atoms with Gasteiger partial charge in [0.2, 0.25) is 5.91 Å². The number of rotatable bonds is 5. The summed E-state index contributed by atoms with van der Waals surface area (Å²) < 4.78 is 17.1. The van der Waals surface area contributed by atoms with E-state index in [4.69, 9.17) is 25.5 Å². The summed E-state index contributed by atoms with van der Waals surface area (Å²) in [4.78, 5) is 42.9. The molecule has 0 radical (unpaired) electrons. The quantitative estimate of drug-likeness (QED) is 0.676. The molecule has 3 saturated heterocycles. The molecule has 1 aromatic carbocycles. The maximum Gasteiger partial charge on any atom is 0.292 e. The third-order valence-corrected chi connectivity index (χ3v) is 7.18. The zero-order valence-corrected chi connectivity index (χ0v) is 20.0. The highest BCUT2D eigenvalue weighted by Gasteiger charge is 2.54. The molecule has 3 fully saturated rings. The van der Waals surface area contributed by atoms with E-state index in [1.54, 1.807) is 41.3 Å². The lowest BCUT2D eigenvalue weighted by Crippen LogP contribution is -2.60. The van der Waals surface area contributed by atoms with Crippen LogP contribution in [-0.2, 0) is 14.3 Å². The van der Waals surface area contributed by atoms with Crippen molar-refractivity contribution in [2.24, 2.45) is 0 Å². The highest BCUT2D eigenvalue weighted by molar-refractivity contribution is 6.30. The summed E-state index contributed by atoms with van der Waals surface area (Å²) in [6, 6.07) is 9.24. The average molecular weight is 502 g/mol. The van der Waals surface area contributed by atoms with E-state index in [1.165, 1.54) is 11.2 Å². The first-order chi connectivity index (χ1) is 17.0. The van der Waals surface area contributed by atoms with Gasteiger partial charge in [0.15, 0.2) is 5.76 Å². The minimum Gasteiger partial charge on any atom is -0.459 e. The second-order valence-corrected chi connectivity index (χ2v) is 9.54. The van der Waals surface area contributed by atoms with Gasteiger partial charge in [-0.1, -0.05) is 17.7 Å². The number of carbonyl (C=O) groups is 3. The first-order valence-corrected chi connectivity index (χ1v) is 12.3. The Hall–Kier alpha value is -2.88. The molecule has 186 valence electrons. The van der Waals surface area contributed by atoms with Crippen LogP contribution in [0.2, 0.25) is 5.02 Å². The minimum atomic E-state index is -0.999. The fourth-order valence-electron chi connectivity index (χ4n) is 5.09. The van der Waals surface area contributed by atoms with E-state index < -0.39 is 17.7 Å². The summed E-state index contributed by atoms with van der Waals surface area (Å²) in [5.41, 5.74) is -0.489. The number of amides is 3. The van der Waals surface area contributed by atoms with Crippen LogP contribution in [0.25, 0.3) is 0 Å². The van der Waals surface area contributed by atoms with Crippen LogP contribution in [0.1, 0.15) is 46.6 Å². The number of hydrogen-bond acceptors (Lipinski definition) is 6. The molecule has 1 spiro atoms. The summed E-state index contributed by atoms with van der Waals surface area (Å²) >= 11 is 6.05. The molecule has 1 aromatic heterocycles. The predicted octanol–water partition coefficient (Wildman–Crippen LogP) is 2.70. The van der Waals surface area contributed by atoms with Crippen LogP contribution in [0.15, 0.2) is 47.1 Å². The van der Waals surface area contributed by atoms with Crippen LogP contribution in [-0.4, -0.2) is 78.2 Å². The zero-order valence-electron chi connectivity index (χ0n) is 19.3. The number of nitrogens with one attached hydrogen (secondary N) is 1. The highest BCUT2D eigenvalue weighted by Crippen LogP contribution is 2.39. The van der Waals surface area contributed by atoms with E-state index in [0.717, 1.165) is 12.8 Å². The maximum absolute atomic E-state index is 13.5. The van der Waals surface area contributed by atoms with E-state index in [2.05, 4.69) is 5.32 Å². The molecule has 4 heterocycles. The van der Waals surface area contributed by atoms with E-state index in [-0.39, 0.29) is 30.3 Å². The van der Waals surface area contributed by atoms with Gasteiger partial charge in [-0.3, -0.25) is 19.3 Å². The maximum atomic E-state index is 13.5. The number of carbonyl (C=O) groups excluding carboxylic acids is 3. The second-order valence-electron chi connectivity index (χ2n) is 9.11. The van der Waals surface area contributed by atoms with Gasteiger partial charge in [0.1, 0.15) is 11.8 Å². The number of furan rings is 1. The molecule has 10 heteroatoms. The molecular weight excluding hydrogens is 474 g/mol. The van der Waals surface area contributed by atoms with Crippen molar-refractivity contribution in [2.75, 3.05) is 32.8 Å². The highest BCUT2D eigenvalue weighted by atomic mass is 35.5. The predicted molar refractivity (Wildman–Crippen MR) is 126 cm³/mol. The summed E-state index contributed by atoms with van der Waals surface area (Å²) in [5.74, 6) is -0.673. The van der Waals surface area contributed by atoms with Crippen LogP contribution in [0.5, 0.6) is 0 Å². The molecule has 0 saturated carbocycles. The number of likely N-dealkylation sites (tertiary alicyclic amines) is 1. The number of halogens is 1. The molecule has 35 heavy (non-hydrogen) atoms. The Kier molecular flexibility index (Phi) is 6.82. The van der Waals surface area contributed by atoms with E-state index in [1.807, 2.05) is 0 Å². The lowest BCUT2D eigenvalue weighted by atomic mass is 9.96. The Labute approximate surface area is 208 Å². The topological polar surface area (TPSA) is 101 Å². The van der Waals surface area contributed by atoms with Gasteiger partial charge in [-0.2, -0.15) is 0 Å². The standard InChI is InChI=1S/C25H28ClN3O6/c26-18-5-1-4-17(14-18)23(31)28-10-8-25(9-11-28)29(24(32)21-7-3-13-34-21)20(16-35-25)22(30)27-15-19-6-2-12-33-19/h1,3-5,7,13-14,19-20H,2,6,8-12,15-16H2,(H,27,30)/t19-,20-/m1/s1. The van der Waals surface area contributed by atoms with Crippen molar-refractivity contribution in [3.05, 3.63) is 59.0 Å². The van der Waals surface area contributed by atoms with Gasteiger partial charge in [0.05, 0.1) is 19.0 Å². The SMILES string of the molecule is O=C(NC[C@H]1CCCO1)[C@H]1COC2(CCN(C(=O)c3cccc(Cl)c3)CC2)N1C(=O)c1ccco1. The Morgan fingerprint density at radius 1 is 1.11 bits per heavy atom. The summed E-state index contributed by atoms with van der Waals surface area (Å²) in [7, 11) is 0. The number of hydrogen-bond donors (Lipinski definition) is 1. The zero-order chi connectivity index (χ0) is 24.4. The second kappa shape index (κ2) is 10.0. The molecule has 0 aliphatic carbocycles. The third-order valence-electron chi connectivity index (χ3n) is 6.95. The Morgan fingerprint density at radius 3 is 2.63 bits per heavy atom. The lowest BCUT2D eigenvalue weighted by Gasteiger charge is -2.44. The fraction of sp³-hybridized carbons (Fsp3) is 0.480. The molecule has 2 atom stereocenters. The summed E-state index contributed by atoms with van der Waals surface area (Å²) in [5, 5.41) is 3.42. The van der Waals surface area contributed by atoms with Crippen molar-refractivity contribution < 1.29 is 28.3 Å². The van der Waals surface area contributed by atoms with Crippen LogP contribution < -0.4 is 5.32 Å². The first kappa shape index (κ1) is 23.8. The molecule has 9 nitrogen and oxygen atoms in total. The first-order valence-electron chi connectivity index (χ1n) is 11.9. The number of benzene rings is 1. The van der Waals surface area contributed by atoms with Gasteiger partial charge in [0, 0.05) is 49.7 Å². The fourth-order valence-corrected chi connectivity index (χ4v) is 5.28. The Morgan fingerprint density at radius 2 is 1.94 bits per heavy atom. The Bertz CT molecular complexity index is 1080. The minimum absolute atomic E-state index is 0.00908. The Balaban J connectivity index is 1.32. The molecule has 3 amide bonds. The molecule has 0 bridgehead atoms. The third kappa shape index (κ3) is 4.80. The summed E-state index contributed by atoms with van der Waals surface area (Å²) in [6.07, 6.45) is 4.05. The van der Waals surface area contributed by atoms with Crippen molar-refractivity contribution in [3.8, 4) is 0 Å². The van der Waals surface area contributed by atoms with Crippen LogP contribution in [0.4, 0.5) is 0 Å². The molecule has 0 unspecified atom stereocenters. The molecule has 5 rings (SSSR count). The van der Waals surface area contributed by atoms with Crippen molar-refractivity contribution in [1.82, 2.24) is 15.1 Å². The smallest absolute Gasteiger partial charge is 0.292 e. The largest absolute Gasteiger partial charge is 0.459 e. The molecule has 3 aliphatic rings. The van der Waals surface area contributed by atoms with Gasteiger partial charge in [-0.15, -0.1) is 0 Å². The van der Waals surface area contributed by atoms with Crippen molar-refractivity contribution in [1.29, 1.82) is 0 Å².